The predicted octanol–water partition coefficient (Wildman–Crippen LogP) is 4.92. The average molecular weight is 442 g/mol. The molecule has 0 bridgehead atoms. The molecule has 2 aliphatic rings. The molecule has 1 saturated carbocycles. The molecule has 5 nitrogen and oxygen atoms in total. The number of aromatic nitrogens is 2. The molecule has 168 valence electrons. The highest BCUT2D eigenvalue weighted by molar-refractivity contribution is 5.92. The van der Waals surface area contributed by atoms with Crippen LogP contribution in [-0.2, 0) is 6.18 Å². The molecule has 2 heterocycles. The van der Waals surface area contributed by atoms with Crippen LogP contribution >= 0.6 is 0 Å². The summed E-state index contributed by atoms with van der Waals surface area (Å²) in [4.78, 5) is 17.1. The van der Waals surface area contributed by atoms with Gasteiger partial charge in [0.25, 0.3) is 11.8 Å². The summed E-state index contributed by atoms with van der Waals surface area (Å²) in [5, 5.41) is 1.14. The van der Waals surface area contributed by atoms with Crippen LogP contribution in [0.1, 0.15) is 66.3 Å². The number of hydrogen-bond donors (Lipinski definition) is 1. The summed E-state index contributed by atoms with van der Waals surface area (Å²) in [5.74, 6) is -3.28. The molecule has 1 aliphatic heterocycles. The van der Waals surface area contributed by atoms with Crippen LogP contribution in [0, 0.1) is 0 Å². The number of piperidine rings is 1. The molecule has 1 aliphatic carbocycles. The number of alkyl halides is 5. The van der Waals surface area contributed by atoms with Gasteiger partial charge in [0.15, 0.2) is 0 Å². The molecule has 31 heavy (non-hydrogen) atoms. The van der Waals surface area contributed by atoms with Gasteiger partial charge in [0.2, 0.25) is 0 Å². The zero-order chi connectivity index (χ0) is 22.2. The minimum Gasteiger partial charge on any atom is -0.302 e. The van der Waals surface area contributed by atoms with Crippen LogP contribution in [0.15, 0.2) is 30.5 Å². The number of amides is 1. The van der Waals surface area contributed by atoms with E-state index in [1.807, 2.05) is 0 Å². The van der Waals surface area contributed by atoms with Crippen LogP contribution in [0.5, 0.6) is 0 Å². The highest BCUT2D eigenvalue weighted by atomic mass is 19.4. The summed E-state index contributed by atoms with van der Waals surface area (Å²) >= 11 is 0. The maximum Gasteiger partial charge on any atom is 0.418 e. The number of halogens is 5. The van der Waals surface area contributed by atoms with Crippen molar-refractivity contribution >= 4 is 5.91 Å². The summed E-state index contributed by atoms with van der Waals surface area (Å²) < 4.78 is 69.4. The fraction of sp³-hybridized carbons (Fsp3) is 0.524. The van der Waals surface area contributed by atoms with Crippen molar-refractivity contribution in [1.29, 1.82) is 0 Å². The van der Waals surface area contributed by atoms with Crippen molar-refractivity contribution in [2.75, 3.05) is 13.1 Å². The lowest BCUT2D eigenvalue weighted by atomic mass is 10.1. The van der Waals surface area contributed by atoms with Gasteiger partial charge in [0.1, 0.15) is 11.5 Å². The third kappa shape index (κ3) is 4.73. The van der Waals surface area contributed by atoms with Crippen molar-refractivity contribution < 1.29 is 26.7 Å². The van der Waals surface area contributed by atoms with E-state index < -0.39 is 30.1 Å². The van der Waals surface area contributed by atoms with Gasteiger partial charge in [-0.3, -0.25) is 10.2 Å². The van der Waals surface area contributed by atoms with Gasteiger partial charge in [-0.15, -0.1) is 0 Å². The minimum atomic E-state index is -4.57. The smallest absolute Gasteiger partial charge is 0.302 e. The van der Waals surface area contributed by atoms with Crippen LogP contribution in [-0.4, -0.2) is 39.5 Å². The van der Waals surface area contributed by atoms with E-state index in [9.17, 15) is 26.7 Å². The molecule has 1 amide bonds. The van der Waals surface area contributed by atoms with Gasteiger partial charge in [0, 0.05) is 25.1 Å². The van der Waals surface area contributed by atoms with Gasteiger partial charge in [0.05, 0.1) is 17.8 Å². The van der Waals surface area contributed by atoms with Crippen molar-refractivity contribution in [3.05, 3.63) is 47.5 Å². The van der Waals surface area contributed by atoms with Crippen LogP contribution in [0.25, 0.3) is 5.69 Å². The highest BCUT2D eigenvalue weighted by Gasteiger charge is 2.37. The third-order valence-corrected chi connectivity index (χ3v) is 5.81. The van der Waals surface area contributed by atoms with Gasteiger partial charge in [-0.2, -0.15) is 13.2 Å². The molecule has 2 aromatic rings. The molecule has 2 fully saturated rings. The van der Waals surface area contributed by atoms with E-state index in [0.717, 1.165) is 36.8 Å². The SMILES string of the molecule is O=C(NN1CCCC(F)(F)C1)c1cn(-c2ccccc2C(F)(F)F)c(C2CCCC2)n1. The average Bonchev–Trinajstić information content (AvgIpc) is 3.36. The molecule has 0 radical (unpaired) electrons. The van der Waals surface area contributed by atoms with Crippen molar-refractivity contribution in [3.63, 3.8) is 0 Å². The zero-order valence-electron chi connectivity index (χ0n) is 16.8. The Balaban J connectivity index is 1.68. The fourth-order valence-electron chi connectivity index (χ4n) is 4.35. The Morgan fingerprint density at radius 2 is 1.84 bits per heavy atom. The van der Waals surface area contributed by atoms with E-state index in [0.29, 0.717) is 5.82 Å². The van der Waals surface area contributed by atoms with Crippen molar-refractivity contribution in [1.82, 2.24) is 20.0 Å². The first kappa shape index (κ1) is 21.7. The van der Waals surface area contributed by atoms with Crippen molar-refractivity contribution in [2.24, 2.45) is 0 Å². The number of rotatable bonds is 4. The number of benzene rings is 1. The van der Waals surface area contributed by atoms with Crippen molar-refractivity contribution in [3.8, 4) is 5.69 Å². The van der Waals surface area contributed by atoms with Crippen LogP contribution < -0.4 is 5.43 Å². The number of nitrogens with zero attached hydrogens (tertiary/aromatic N) is 3. The molecule has 0 unspecified atom stereocenters. The molecule has 0 spiro atoms. The van der Waals surface area contributed by atoms with Crippen LogP contribution in [0.4, 0.5) is 22.0 Å². The first-order chi connectivity index (χ1) is 14.6. The normalized spacial score (nSPS) is 20.2. The molecule has 1 aromatic heterocycles. The minimum absolute atomic E-state index is 0.0674. The number of carbonyl (C=O) groups excluding carboxylic acids is 1. The Hall–Kier alpha value is -2.49. The fourth-order valence-corrected chi connectivity index (χ4v) is 4.35. The molecule has 1 saturated heterocycles. The van der Waals surface area contributed by atoms with Crippen LogP contribution in [0.2, 0.25) is 0 Å². The number of hydrazine groups is 1. The quantitative estimate of drug-likeness (QED) is 0.684. The Kier molecular flexibility index (Phi) is 5.76. The molecule has 1 N–H and O–H groups in total. The number of para-hydroxylation sites is 1. The second-order valence-corrected chi connectivity index (χ2v) is 8.17. The lowest BCUT2D eigenvalue weighted by Crippen LogP contribution is -2.51. The second kappa shape index (κ2) is 8.22. The first-order valence-electron chi connectivity index (χ1n) is 10.3. The Morgan fingerprint density at radius 1 is 1.13 bits per heavy atom. The van der Waals surface area contributed by atoms with E-state index >= 15 is 0 Å². The molecule has 0 atom stereocenters. The van der Waals surface area contributed by atoms with E-state index in [1.54, 1.807) is 0 Å². The standard InChI is InChI=1S/C21H23F5N4O/c22-20(23)10-5-11-29(13-20)28-19(31)16-12-30(18(27-16)14-6-1-2-7-14)17-9-4-3-8-15(17)21(24,25)26/h3-4,8-9,12,14H,1-2,5-7,10-11,13H2,(H,28,31). The van der Waals surface area contributed by atoms with Gasteiger partial charge in [-0.1, -0.05) is 25.0 Å². The van der Waals surface area contributed by atoms with Gasteiger partial charge in [-0.25, -0.2) is 18.8 Å². The first-order valence-corrected chi connectivity index (χ1v) is 10.3. The van der Waals surface area contributed by atoms with E-state index in [4.69, 9.17) is 0 Å². The van der Waals surface area contributed by atoms with E-state index in [-0.39, 0.29) is 36.7 Å². The lowest BCUT2D eigenvalue weighted by molar-refractivity contribution is -0.137. The summed E-state index contributed by atoms with van der Waals surface area (Å²) in [5.41, 5.74) is 1.42. The maximum absolute atomic E-state index is 13.6. The highest BCUT2D eigenvalue weighted by Crippen LogP contribution is 2.38. The van der Waals surface area contributed by atoms with Gasteiger partial charge < -0.3 is 4.57 Å². The summed E-state index contributed by atoms with van der Waals surface area (Å²) in [6.45, 7) is -0.333. The summed E-state index contributed by atoms with van der Waals surface area (Å²) in [7, 11) is 0. The zero-order valence-corrected chi connectivity index (χ0v) is 16.8. The molecule has 10 heteroatoms. The molecule has 1 aromatic carbocycles. The third-order valence-electron chi connectivity index (χ3n) is 5.81. The molecular weight excluding hydrogens is 419 g/mol. The predicted molar refractivity (Wildman–Crippen MR) is 103 cm³/mol. The topological polar surface area (TPSA) is 50.2 Å². The largest absolute Gasteiger partial charge is 0.418 e. The van der Waals surface area contributed by atoms with Crippen LogP contribution in [0.3, 0.4) is 0 Å². The lowest BCUT2D eigenvalue weighted by Gasteiger charge is -2.32. The number of hydrogen-bond acceptors (Lipinski definition) is 3. The summed E-state index contributed by atoms with van der Waals surface area (Å²) in [6.07, 6.45) is 0.0915. The van der Waals surface area contributed by atoms with Gasteiger partial charge >= 0.3 is 6.18 Å². The molecular formula is C21H23F5N4O. The molecule has 4 rings (SSSR count). The Bertz CT molecular complexity index is 949. The maximum atomic E-state index is 13.6. The number of nitrogens with one attached hydrogen (secondary N) is 1. The van der Waals surface area contributed by atoms with Crippen molar-refractivity contribution in [2.45, 2.75) is 56.5 Å². The number of carbonyl (C=O) groups is 1. The van der Waals surface area contributed by atoms with Gasteiger partial charge in [-0.05, 0) is 31.4 Å². The Morgan fingerprint density at radius 3 is 2.52 bits per heavy atom. The number of imidazole rings is 1. The second-order valence-electron chi connectivity index (χ2n) is 8.17. The summed E-state index contributed by atoms with van der Waals surface area (Å²) in [6, 6.07) is 5.14. The van der Waals surface area contributed by atoms with E-state index in [1.165, 1.54) is 29.0 Å². The van der Waals surface area contributed by atoms with E-state index in [2.05, 4.69) is 10.4 Å². The Labute approximate surface area is 176 Å². The monoisotopic (exact) mass is 442 g/mol.